The lowest BCUT2D eigenvalue weighted by Crippen LogP contribution is -2.31. The Morgan fingerprint density at radius 3 is 2.45 bits per heavy atom. The van der Waals surface area contributed by atoms with Gasteiger partial charge in [0.1, 0.15) is 4.90 Å². The highest BCUT2D eigenvalue weighted by atomic mass is 35.5. The molecule has 2 N–H and O–H groups in total. The summed E-state index contributed by atoms with van der Waals surface area (Å²) in [6.07, 6.45) is 2.94. The maximum atomic E-state index is 12.2. The molecule has 112 valence electrons. The zero-order valence-corrected chi connectivity index (χ0v) is 13.7. The van der Waals surface area contributed by atoms with E-state index >= 15 is 0 Å². The average molecular weight is 358 g/mol. The molecule has 1 saturated heterocycles. The van der Waals surface area contributed by atoms with E-state index in [0.717, 1.165) is 25.8 Å². The predicted octanol–water partition coefficient (Wildman–Crippen LogP) is 3.07. The lowest BCUT2D eigenvalue weighted by Gasteiger charge is -2.13. The zero-order chi connectivity index (χ0) is 14.8. The molecule has 1 aromatic rings. The van der Waals surface area contributed by atoms with Gasteiger partial charge in [-0.15, -0.1) is 0 Å². The Hall–Kier alpha value is -0.0400. The van der Waals surface area contributed by atoms with Gasteiger partial charge in [0.15, 0.2) is 0 Å². The zero-order valence-electron chi connectivity index (χ0n) is 10.6. The fourth-order valence-electron chi connectivity index (χ4n) is 2.23. The van der Waals surface area contributed by atoms with Crippen molar-refractivity contribution in [2.24, 2.45) is 0 Å². The van der Waals surface area contributed by atoms with Crippen LogP contribution in [0.4, 0.5) is 0 Å². The normalized spacial score (nSPS) is 19.4. The quantitative estimate of drug-likeness (QED) is 0.851. The van der Waals surface area contributed by atoms with E-state index in [0.29, 0.717) is 17.6 Å². The summed E-state index contributed by atoms with van der Waals surface area (Å²) in [5.41, 5.74) is 0. The molecule has 1 aromatic carbocycles. The highest BCUT2D eigenvalue weighted by Gasteiger charge is 2.23. The summed E-state index contributed by atoms with van der Waals surface area (Å²) < 4.78 is 27.0. The van der Waals surface area contributed by atoms with Gasteiger partial charge in [0.05, 0.1) is 10.0 Å². The number of halogens is 3. The molecule has 1 fully saturated rings. The third-order valence-corrected chi connectivity index (χ3v) is 5.78. The molecule has 0 saturated carbocycles. The molecule has 1 heterocycles. The summed E-state index contributed by atoms with van der Waals surface area (Å²) in [5, 5.41) is 3.65. The second-order valence-electron chi connectivity index (χ2n) is 4.68. The largest absolute Gasteiger partial charge is 0.314 e. The van der Waals surface area contributed by atoms with Gasteiger partial charge in [0.25, 0.3) is 0 Å². The molecule has 1 aliphatic heterocycles. The van der Waals surface area contributed by atoms with Crippen LogP contribution in [-0.4, -0.2) is 27.5 Å². The highest BCUT2D eigenvalue weighted by Crippen LogP contribution is 2.32. The monoisotopic (exact) mass is 356 g/mol. The van der Waals surface area contributed by atoms with Crippen molar-refractivity contribution in [2.45, 2.75) is 30.2 Å². The topological polar surface area (TPSA) is 58.2 Å². The van der Waals surface area contributed by atoms with E-state index < -0.39 is 10.0 Å². The van der Waals surface area contributed by atoms with Crippen LogP contribution in [0.3, 0.4) is 0 Å². The molecule has 20 heavy (non-hydrogen) atoms. The molecule has 0 spiro atoms. The van der Waals surface area contributed by atoms with Crippen LogP contribution in [0.1, 0.15) is 19.3 Å². The van der Waals surface area contributed by atoms with Crippen LogP contribution < -0.4 is 10.0 Å². The lowest BCUT2D eigenvalue weighted by molar-refractivity contribution is 0.539. The average Bonchev–Trinajstić information content (AvgIpc) is 2.79. The standard InChI is InChI=1S/C12H15Cl3N2O2S/c13-8-6-10(14)12(11(15)7-8)20(18,19)17-5-3-9-2-1-4-16-9/h6-7,9,16-17H,1-5H2. The van der Waals surface area contributed by atoms with Crippen molar-refractivity contribution >= 4 is 44.8 Å². The first-order valence-electron chi connectivity index (χ1n) is 6.28. The van der Waals surface area contributed by atoms with Crippen molar-refractivity contribution in [1.82, 2.24) is 10.0 Å². The molecule has 1 atom stereocenters. The molecule has 8 heteroatoms. The maximum absolute atomic E-state index is 12.2. The van der Waals surface area contributed by atoms with E-state index in [1.54, 1.807) is 0 Å². The van der Waals surface area contributed by atoms with Crippen LogP contribution in [0.5, 0.6) is 0 Å². The number of nitrogens with one attached hydrogen (secondary N) is 2. The Morgan fingerprint density at radius 1 is 1.25 bits per heavy atom. The van der Waals surface area contributed by atoms with Crippen molar-refractivity contribution in [2.75, 3.05) is 13.1 Å². The number of hydrogen-bond donors (Lipinski definition) is 2. The SMILES string of the molecule is O=S(=O)(NCCC1CCCN1)c1c(Cl)cc(Cl)cc1Cl. The van der Waals surface area contributed by atoms with Crippen molar-refractivity contribution < 1.29 is 8.42 Å². The summed E-state index contributed by atoms with van der Waals surface area (Å²) in [6.45, 7) is 1.33. The molecule has 0 radical (unpaired) electrons. The van der Waals surface area contributed by atoms with Crippen LogP contribution in [0, 0.1) is 0 Å². The van der Waals surface area contributed by atoms with Gasteiger partial charge >= 0.3 is 0 Å². The Bertz CT molecular complexity index is 563. The van der Waals surface area contributed by atoms with E-state index in [4.69, 9.17) is 34.8 Å². The summed E-state index contributed by atoms with van der Waals surface area (Å²) in [4.78, 5) is -0.121. The molecular formula is C12H15Cl3N2O2S. The number of rotatable bonds is 5. The van der Waals surface area contributed by atoms with Gasteiger partial charge < -0.3 is 5.32 Å². The highest BCUT2D eigenvalue weighted by molar-refractivity contribution is 7.89. The van der Waals surface area contributed by atoms with Gasteiger partial charge in [-0.3, -0.25) is 0 Å². The van der Waals surface area contributed by atoms with Gasteiger partial charge in [-0.2, -0.15) is 0 Å². The second-order valence-corrected chi connectivity index (χ2v) is 7.63. The molecular weight excluding hydrogens is 343 g/mol. The predicted molar refractivity (Wildman–Crippen MR) is 82.3 cm³/mol. The molecule has 0 bridgehead atoms. The van der Waals surface area contributed by atoms with Crippen LogP contribution in [0.2, 0.25) is 15.1 Å². The molecule has 0 aromatic heterocycles. The van der Waals surface area contributed by atoms with Crippen LogP contribution in [0.25, 0.3) is 0 Å². The first kappa shape index (κ1) is 16.3. The summed E-state index contributed by atoms with van der Waals surface area (Å²) in [5.74, 6) is 0. The van der Waals surface area contributed by atoms with E-state index in [2.05, 4.69) is 10.0 Å². The lowest BCUT2D eigenvalue weighted by atomic mass is 10.2. The minimum atomic E-state index is -3.73. The maximum Gasteiger partial charge on any atom is 0.243 e. The van der Waals surface area contributed by atoms with E-state index in [-0.39, 0.29) is 14.9 Å². The third-order valence-electron chi connectivity index (χ3n) is 3.18. The molecule has 2 rings (SSSR count). The Labute approximate surface area is 133 Å². The fourth-order valence-corrected chi connectivity index (χ4v) is 4.82. The third kappa shape index (κ3) is 4.00. The summed E-state index contributed by atoms with van der Waals surface area (Å²) >= 11 is 17.6. The van der Waals surface area contributed by atoms with Crippen molar-refractivity contribution in [3.63, 3.8) is 0 Å². The minimum Gasteiger partial charge on any atom is -0.314 e. The van der Waals surface area contributed by atoms with Crippen LogP contribution in [-0.2, 0) is 10.0 Å². The second kappa shape index (κ2) is 6.81. The molecule has 1 aliphatic rings. The van der Waals surface area contributed by atoms with Crippen LogP contribution in [0.15, 0.2) is 17.0 Å². The van der Waals surface area contributed by atoms with Crippen molar-refractivity contribution in [3.8, 4) is 0 Å². The number of hydrogen-bond acceptors (Lipinski definition) is 3. The van der Waals surface area contributed by atoms with Gasteiger partial charge in [0.2, 0.25) is 10.0 Å². The molecule has 4 nitrogen and oxygen atoms in total. The number of benzene rings is 1. The Kier molecular flexibility index (Phi) is 5.56. The van der Waals surface area contributed by atoms with Crippen LogP contribution >= 0.6 is 34.8 Å². The molecule has 0 aliphatic carbocycles. The van der Waals surface area contributed by atoms with Gasteiger partial charge in [-0.1, -0.05) is 34.8 Å². The van der Waals surface area contributed by atoms with E-state index in [1.807, 2.05) is 0 Å². The molecule has 1 unspecified atom stereocenters. The molecule has 0 amide bonds. The first-order chi connectivity index (χ1) is 9.40. The Morgan fingerprint density at radius 2 is 1.90 bits per heavy atom. The van der Waals surface area contributed by atoms with E-state index in [1.165, 1.54) is 12.1 Å². The fraction of sp³-hybridized carbons (Fsp3) is 0.500. The number of sulfonamides is 1. The summed E-state index contributed by atoms with van der Waals surface area (Å²) in [6, 6.07) is 3.10. The van der Waals surface area contributed by atoms with Crippen molar-refractivity contribution in [1.29, 1.82) is 0 Å². The van der Waals surface area contributed by atoms with Gasteiger partial charge in [-0.05, 0) is 37.9 Å². The van der Waals surface area contributed by atoms with Gasteiger partial charge in [0, 0.05) is 17.6 Å². The minimum absolute atomic E-state index is 0.0222. The Balaban J connectivity index is 2.06. The first-order valence-corrected chi connectivity index (χ1v) is 8.89. The van der Waals surface area contributed by atoms with Crippen molar-refractivity contribution in [3.05, 3.63) is 27.2 Å². The van der Waals surface area contributed by atoms with Gasteiger partial charge in [-0.25, -0.2) is 13.1 Å². The van der Waals surface area contributed by atoms with E-state index in [9.17, 15) is 8.42 Å². The smallest absolute Gasteiger partial charge is 0.243 e. The summed E-state index contributed by atoms with van der Waals surface area (Å²) in [7, 11) is -3.73.